The van der Waals surface area contributed by atoms with Gasteiger partial charge in [-0.3, -0.25) is 14.4 Å². The summed E-state index contributed by atoms with van der Waals surface area (Å²) in [6, 6.07) is 18.9. The molecule has 2 fully saturated rings. The van der Waals surface area contributed by atoms with Crippen LogP contribution in [0.2, 0.25) is 0 Å². The van der Waals surface area contributed by atoms with Crippen molar-refractivity contribution in [3.05, 3.63) is 122 Å². The van der Waals surface area contributed by atoms with Crippen molar-refractivity contribution < 1.29 is 58.6 Å². The Morgan fingerprint density at radius 1 is 0.590 bits per heavy atom. The van der Waals surface area contributed by atoms with Crippen LogP contribution in [0.1, 0.15) is 25.0 Å². The number of nitrogens with one attached hydrogen (secondary N) is 6. The Kier molecular flexibility index (Phi) is 19.6. The summed E-state index contributed by atoms with van der Waals surface area (Å²) in [6.45, 7) is 14.3. The third-order valence-electron chi connectivity index (χ3n) is 12.4. The molecule has 6 aromatic rings. The van der Waals surface area contributed by atoms with Crippen molar-refractivity contribution >= 4 is 97.0 Å². The molecule has 2 aliphatic rings. The van der Waals surface area contributed by atoms with Crippen molar-refractivity contribution in [2.24, 2.45) is 5.92 Å². The average molecular weight is 1180 g/mol. The summed E-state index contributed by atoms with van der Waals surface area (Å²) >= 11 is 0. The number of amides is 3. The molecule has 0 aliphatic carbocycles. The highest BCUT2D eigenvalue weighted by molar-refractivity contribution is 7.88. The fraction of sp³-hybridized carbons (Fsp3) is 0.302. The van der Waals surface area contributed by atoms with Gasteiger partial charge in [0, 0.05) is 93.4 Å². The van der Waals surface area contributed by atoms with Crippen molar-refractivity contribution in [2.75, 3.05) is 115 Å². The molecule has 6 N–H and O–H groups in total. The molecule has 0 bridgehead atoms. The highest BCUT2D eigenvalue weighted by Gasteiger charge is 2.37. The molecule has 0 radical (unpaired) electrons. The molecule has 0 spiro atoms. The van der Waals surface area contributed by atoms with E-state index in [-0.39, 0.29) is 46.9 Å². The van der Waals surface area contributed by atoms with Gasteiger partial charge in [-0.1, -0.05) is 39.1 Å². The van der Waals surface area contributed by atoms with Gasteiger partial charge in [-0.15, -0.1) is 0 Å². The third-order valence-corrected chi connectivity index (χ3v) is 13.7. The monoisotopic (exact) mass is 1180 g/mol. The highest BCUT2D eigenvalue weighted by atomic mass is 32.2. The molecule has 2 aliphatic heterocycles. The number of hydrogen-bond acceptors (Lipinski definition) is 19. The maximum atomic E-state index is 13.8. The molecule has 6 heterocycles. The fourth-order valence-corrected chi connectivity index (χ4v) is 9.05. The number of alkyl halides is 6. The van der Waals surface area contributed by atoms with E-state index >= 15 is 0 Å². The SMILES string of the molecule is C=CC(=O)Nc1cccc(Nc2nc(Nc3ccc(N4CCN(C(=O)C(C)C)CC4)nc3OC)ncc2C(F)(F)F)c1.C=CC(=O)Nc1cccc(Nc2nc(Nc3ccc(N4CCN(S(C)(=O)=O)CC4)nc3OC)ncc2C(F)(F)F)c1. The Bertz CT molecular complexity index is 3450. The van der Waals surface area contributed by atoms with Gasteiger partial charge in [-0.05, 0) is 72.8 Å². The van der Waals surface area contributed by atoms with E-state index in [9.17, 15) is 49.1 Å². The first-order chi connectivity index (χ1) is 39.3. The molecule has 30 heteroatoms. The molecular formula is C53H58F6N16O7S. The van der Waals surface area contributed by atoms with Gasteiger partial charge >= 0.3 is 12.4 Å². The largest absolute Gasteiger partial charge is 0.479 e. The number of aromatic nitrogens is 6. The van der Waals surface area contributed by atoms with Gasteiger partial charge < -0.3 is 56.1 Å². The Hall–Kier alpha value is -9.32. The molecule has 3 amide bonds. The number of ether oxygens (including phenoxy) is 2. The van der Waals surface area contributed by atoms with Crippen LogP contribution in [-0.2, 0) is 36.8 Å². The van der Waals surface area contributed by atoms with E-state index in [0.29, 0.717) is 99.1 Å². The summed E-state index contributed by atoms with van der Waals surface area (Å²) in [5.41, 5.74) is -0.349. The second kappa shape index (κ2) is 26.5. The van der Waals surface area contributed by atoms with Crippen LogP contribution < -0.4 is 51.2 Å². The van der Waals surface area contributed by atoms with Crippen molar-refractivity contribution in [3.63, 3.8) is 0 Å². The van der Waals surface area contributed by atoms with Crippen LogP contribution in [-0.4, -0.2) is 138 Å². The number of hydrogen-bond donors (Lipinski definition) is 6. The Morgan fingerprint density at radius 2 is 0.988 bits per heavy atom. The number of carbonyl (C=O) groups is 3. The topological polar surface area (TPSA) is 266 Å². The standard InChI is InChI=1S/C28H31F3N8O3.C25H27F3N8O4S/c1-5-23(40)33-18-7-6-8-19(15-18)34-24-20(28(29,30)31)16-32-27(37-24)35-21-9-10-22(36-25(21)42-4)38-11-13-39(14-12-38)26(41)17(2)3;1-4-21(37)30-16-6-5-7-17(14-16)31-22-18(25(26,27)28)15-29-24(34-22)32-19-8-9-20(33-23(19)40-2)35-10-12-36(13-11-35)41(3,38)39/h5-10,15-17H,1,11-14H2,2-4H3,(H,33,40)(H2,32,34,35,37);4-9,14-15H,1,10-13H2,2-3H3,(H,30,37)(H2,29,31,32,34). The summed E-state index contributed by atoms with van der Waals surface area (Å²) in [6.07, 6.45) is -4.86. The minimum atomic E-state index is -4.75. The van der Waals surface area contributed by atoms with Gasteiger partial charge in [0.25, 0.3) is 0 Å². The minimum Gasteiger partial charge on any atom is -0.479 e. The summed E-state index contributed by atoms with van der Waals surface area (Å²) in [4.78, 5) is 66.1. The Labute approximate surface area is 473 Å². The molecule has 0 atom stereocenters. The number of nitrogens with zero attached hydrogens (tertiary/aromatic N) is 10. The van der Waals surface area contributed by atoms with Crippen LogP contribution in [0.4, 0.5) is 95.6 Å². The minimum absolute atomic E-state index is 0.0709. The van der Waals surface area contributed by atoms with Crippen LogP contribution in [0.15, 0.2) is 111 Å². The summed E-state index contributed by atoms with van der Waals surface area (Å²) in [5, 5.41) is 16.1. The second-order valence-corrected chi connectivity index (χ2v) is 20.5. The van der Waals surface area contributed by atoms with E-state index in [1.807, 2.05) is 28.5 Å². The first-order valence-corrected chi connectivity index (χ1v) is 27.1. The molecular weight excluding hydrogens is 1120 g/mol. The van der Waals surface area contributed by atoms with E-state index in [2.05, 4.69) is 75.0 Å². The quantitative estimate of drug-likeness (QED) is 0.0348. The van der Waals surface area contributed by atoms with Crippen molar-refractivity contribution in [1.29, 1.82) is 0 Å². The lowest BCUT2D eigenvalue weighted by Crippen LogP contribution is -2.50. The number of benzene rings is 2. The first kappa shape index (κ1) is 61.3. The molecule has 2 aromatic carbocycles. The van der Waals surface area contributed by atoms with Gasteiger partial charge in [0.1, 0.15) is 45.8 Å². The molecule has 2 saturated heterocycles. The summed E-state index contributed by atoms with van der Waals surface area (Å²) < 4.78 is 118. The smallest absolute Gasteiger partial charge is 0.421 e. The Morgan fingerprint density at radius 3 is 1.35 bits per heavy atom. The molecule has 83 heavy (non-hydrogen) atoms. The van der Waals surface area contributed by atoms with Gasteiger partial charge in [0.05, 0.1) is 20.5 Å². The molecule has 440 valence electrons. The number of sulfonamides is 1. The molecule has 23 nitrogen and oxygen atoms in total. The van der Waals surface area contributed by atoms with Crippen LogP contribution in [0.25, 0.3) is 0 Å². The lowest BCUT2D eigenvalue weighted by Gasteiger charge is -2.36. The van der Waals surface area contributed by atoms with Crippen LogP contribution in [0.3, 0.4) is 0 Å². The van der Waals surface area contributed by atoms with Crippen LogP contribution in [0, 0.1) is 5.92 Å². The zero-order valence-electron chi connectivity index (χ0n) is 45.4. The van der Waals surface area contributed by atoms with Crippen molar-refractivity contribution in [2.45, 2.75) is 26.2 Å². The number of rotatable bonds is 18. The fourth-order valence-electron chi connectivity index (χ4n) is 8.22. The maximum absolute atomic E-state index is 13.8. The zero-order valence-corrected chi connectivity index (χ0v) is 46.2. The summed E-state index contributed by atoms with van der Waals surface area (Å²) in [5.74, 6) is -0.706. The number of carbonyl (C=O) groups excluding carboxylic acids is 3. The third kappa shape index (κ3) is 16.4. The number of halogens is 6. The second-order valence-electron chi connectivity index (χ2n) is 18.5. The molecule has 0 unspecified atom stereocenters. The van der Waals surface area contributed by atoms with E-state index in [1.165, 1.54) is 42.8 Å². The Balaban J connectivity index is 0.000000239. The lowest BCUT2D eigenvalue weighted by molar-refractivity contribution is -0.138. The van der Waals surface area contributed by atoms with E-state index in [0.717, 1.165) is 18.4 Å². The molecule has 0 saturated carbocycles. The molecule has 4 aromatic heterocycles. The highest BCUT2D eigenvalue weighted by Crippen LogP contribution is 2.39. The van der Waals surface area contributed by atoms with E-state index < -0.39 is 57.0 Å². The number of piperazine rings is 2. The van der Waals surface area contributed by atoms with Gasteiger partial charge in [-0.25, -0.2) is 18.4 Å². The van der Waals surface area contributed by atoms with Crippen molar-refractivity contribution in [3.8, 4) is 11.8 Å². The first-order valence-electron chi connectivity index (χ1n) is 25.2. The van der Waals surface area contributed by atoms with Crippen LogP contribution >= 0.6 is 0 Å². The summed E-state index contributed by atoms with van der Waals surface area (Å²) in [7, 11) is -0.476. The van der Waals surface area contributed by atoms with E-state index in [4.69, 9.17) is 9.47 Å². The molecule has 8 rings (SSSR count). The predicted molar refractivity (Wildman–Crippen MR) is 302 cm³/mol. The van der Waals surface area contributed by atoms with Gasteiger partial charge in [-0.2, -0.15) is 50.6 Å². The normalized spacial score (nSPS) is 13.9. The lowest BCUT2D eigenvalue weighted by atomic mass is 10.1. The average Bonchev–Trinajstić information content (AvgIpc) is 3.64. The zero-order chi connectivity index (χ0) is 60.2. The van der Waals surface area contributed by atoms with E-state index in [1.54, 1.807) is 48.5 Å². The number of anilines is 12. The van der Waals surface area contributed by atoms with Crippen molar-refractivity contribution in [1.82, 2.24) is 39.1 Å². The predicted octanol–water partition coefficient (Wildman–Crippen LogP) is 8.41. The number of methoxy groups -OCH3 is 2. The number of pyridine rings is 2. The van der Waals surface area contributed by atoms with Gasteiger partial charge in [0.2, 0.25) is 51.4 Å². The van der Waals surface area contributed by atoms with Crippen LogP contribution in [0.5, 0.6) is 11.8 Å². The maximum Gasteiger partial charge on any atom is 0.421 e. The van der Waals surface area contributed by atoms with Gasteiger partial charge in [0.15, 0.2) is 0 Å².